The second kappa shape index (κ2) is 5.84. The van der Waals surface area contributed by atoms with Gasteiger partial charge in [-0.2, -0.15) is 5.10 Å². The maximum Gasteiger partial charge on any atom is 0.223 e. The first-order valence-corrected chi connectivity index (χ1v) is 8.59. The lowest BCUT2D eigenvalue weighted by Crippen LogP contribution is -2.27. The van der Waals surface area contributed by atoms with Gasteiger partial charge in [-0.05, 0) is 54.7 Å². The van der Waals surface area contributed by atoms with E-state index in [0.717, 1.165) is 31.4 Å². The summed E-state index contributed by atoms with van der Waals surface area (Å²) in [5.74, 6) is 0.604. The molecule has 1 aromatic heterocycles. The number of rotatable bonds is 4. The van der Waals surface area contributed by atoms with Crippen molar-refractivity contribution in [3.63, 3.8) is 0 Å². The predicted molar refractivity (Wildman–Crippen MR) is 89.2 cm³/mol. The number of nitrogens with zero attached hydrogens (tertiary/aromatic N) is 2. The van der Waals surface area contributed by atoms with Crippen LogP contribution in [-0.4, -0.2) is 28.1 Å². The smallest absolute Gasteiger partial charge is 0.223 e. The highest BCUT2D eigenvalue weighted by Gasteiger charge is 2.26. The molecule has 1 amide bonds. The Kier molecular flexibility index (Phi) is 3.68. The zero-order chi connectivity index (χ0) is 15.8. The van der Waals surface area contributed by atoms with Gasteiger partial charge in [0.05, 0.1) is 12.2 Å². The van der Waals surface area contributed by atoms with Crippen LogP contribution in [0.25, 0.3) is 0 Å². The third kappa shape index (κ3) is 2.67. The summed E-state index contributed by atoms with van der Waals surface area (Å²) in [5.41, 5.74) is 6.45. The van der Waals surface area contributed by atoms with Crippen molar-refractivity contribution in [3.8, 4) is 0 Å². The minimum atomic E-state index is 0.224. The number of hydrogen-bond donors (Lipinski definition) is 1. The Morgan fingerprint density at radius 1 is 1.30 bits per heavy atom. The summed E-state index contributed by atoms with van der Waals surface area (Å²) in [7, 11) is 1.90. The number of aryl methyl sites for hydroxylation is 2. The third-order valence-electron chi connectivity index (χ3n) is 5.38. The number of nitrogens with one attached hydrogen (secondary N) is 1. The Hall–Kier alpha value is -2.10. The summed E-state index contributed by atoms with van der Waals surface area (Å²) in [4.78, 5) is 14.5. The van der Waals surface area contributed by atoms with E-state index in [-0.39, 0.29) is 5.91 Å². The highest BCUT2D eigenvalue weighted by Crippen LogP contribution is 2.35. The van der Waals surface area contributed by atoms with Gasteiger partial charge in [-0.1, -0.05) is 24.3 Å². The van der Waals surface area contributed by atoms with Gasteiger partial charge in [-0.15, -0.1) is 0 Å². The zero-order valence-corrected chi connectivity index (χ0v) is 13.6. The molecule has 0 fully saturated rings. The molecule has 4 nitrogen and oxygen atoms in total. The van der Waals surface area contributed by atoms with E-state index in [0.29, 0.717) is 18.9 Å². The number of hydrogen-bond acceptors (Lipinski definition) is 2. The Labute approximate surface area is 136 Å². The van der Waals surface area contributed by atoms with Crippen LogP contribution in [0.3, 0.4) is 0 Å². The molecule has 0 saturated heterocycles. The second-order valence-electron chi connectivity index (χ2n) is 6.87. The third-order valence-corrected chi connectivity index (χ3v) is 5.38. The van der Waals surface area contributed by atoms with Crippen molar-refractivity contribution in [2.24, 2.45) is 0 Å². The standard InChI is InChI=1S/C19H23N3O/c1-22(12-18-16-7-4-8-17(16)20-21-18)19(23)11-14-10-9-13-5-2-3-6-15(13)14/h2-3,5-6,14H,4,7-12H2,1H3,(H,20,21)/t14-/m1/s1. The maximum atomic E-state index is 12.6. The van der Waals surface area contributed by atoms with Gasteiger partial charge in [0.25, 0.3) is 0 Å². The van der Waals surface area contributed by atoms with Crippen LogP contribution < -0.4 is 0 Å². The number of amides is 1. The molecule has 4 heteroatoms. The van der Waals surface area contributed by atoms with Crippen LogP contribution in [0, 0.1) is 0 Å². The van der Waals surface area contributed by atoms with Gasteiger partial charge in [0.15, 0.2) is 0 Å². The van der Waals surface area contributed by atoms with E-state index in [1.54, 1.807) is 0 Å². The van der Waals surface area contributed by atoms with Crippen molar-refractivity contribution >= 4 is 5.91 Å². The first-order chi connectivity index (χ1) is 11.2. The van der Waals surface area contributed by atoms with E-state index < -0.39 is 0 Å². The molecule has 0 bridgehead atoms. The van der Waals surface area contributed by atoms with E-state index in [1.807, 2.05) is 11.9 Å². The Morgan fingerprint density at radius 3 is 3.09 bits per heavy atom. The zero-order valence-electron chi connectivity index (χ0n) is 13.6. The summed E-state index contributed by atoms with van der Waals surface area (Å²) in [6.07, 6.45) is 6.20. The lowest BCUT2D eigenvalue weighted by Gasteiger charge is -2.19. The Bertz CT molecular complexity index is 734. The fourth-order valence-corrected chi connectivity index (χ4v) is 4.06. The number of fused-ring (bicyclic) bond motifs is 2. The molecule has 2 aliphatic rings. The van der Waals surface area contributed by atoms with Crippen LogP contribution in [0.15, 0.2) is 24.3 Å². The molecule has 0 radical (unpaired) electrons. The van der Waals surface area contributed by atoms with Gasteiger partial charge in [0.2, 0.25) is 5.91 Å². The van der Waals surface area contributed by atoms with Gasteiger partial charge in [-0.25, -0.2) is 0 Å². The SMILES string of the molecule is CN(Cc1n[nH]c2c1CCC2)C(=O)C[C@H]1CCc2ccccc21. The van der Waals surface area contributed by atoms with Crippen molar-refractivity contribution in [3.05, 3.63) is 52.3 Å². The minimum Gasteiger partial charge on any atom is -0.340 e. The molecule has 1 N–H and O–H groups in total. The van der Waals surface area contributed by atoms with Gasteiger partial charge in [-0.3, -0.25) is 9.89 Å². The number of carbonyl (C=O) groups is 1. The fraction of sp³-hybridized carbons (Fsp3) is 0.474. The summed E-state index contributed by atoms with van der Waals surface area (Å²) in [5, 5.41) is 7.54. The Morgan fingerprint density at radius 2 is 2.17 bits per heavy atom. The molecule has 0 unspecified atom stereocenters. The minimum absolute atomic E-state index is 0.224. The highest BCUT2D eigenvalue weighted by atomic mass is 16.2. The van der Waals surface area contributed by atoms with E-state index in [9.17, 15) is 4.79 Å². The molecule has 2 aromatic rings. The van der Waals surface area contributed by atoms with Gasteiger partial charge in [0.1, 0.15) is 0 Å². The van der Waals surface area contributed by atoms with Crippen molar-refractivity contribution in [1.29, 1.82) is 0 Å². The van der Waals surface area contributed by atoms with Crippen LogP contribution >= 0.6 is 0 Å². The van der Waals surface area contributed by atoms with E-state index in [2.05, 4.69) is 34.5 Å². The molecular formula is C19H23N3O. The average molecular weight is 309 g/mol. The van der Waals surface area contributed by atoms with Gasteiger partial charge < -0.3 is 4.90 Å². The molecule has 0 aliphatic heterocycles. The summed E-state index contributed by atoms with van der Waals surface area (Å²) >= 11 is 0. The molecule has 23 heavy (non-hydrogen) atoms. The topological polar surface area (TPSA) is 49.0 Å². The van der Waals surface area contributed by atoms with Crippen LogP contribution in [-0.2, 0) is 30.6 Å². The number of carbonyl (C=O) groups excluding carboxylic acids is 1. The second-order valence-corrected chi connectivity index (χ2v) is 6.87. The molecule has 1 atom stereocenters. The summed E-state index contributed by atoms with van der Waals surface area (Å²) in [6.45, 7) is 0.624. The summed E-state index contributed by atoms with van der Waals surface area (Å²) < 4.78 is 0. The Balaban J connectivity index is 1.41. The van der Waals surface area contributed by atoms with Crippen LogP contribution in [0.5, 0.6) is 0 Å². The molecule has 1 heterocycles. The molecule has 4 rings (SSSR count). The monoisotopic (exact) mass is 309 g/mol. The lowest BCUT2D eigenvalue weighted by atomic mass is 9.97. The molecular weight excluding hydrogens is 286 g/mol. The molecule has 120 valence electrons. The predicted octanol–water partition coefficient (Wildman–Crippen LogP) is 2.98. The average Bonchev–Trinajstić information content (AvgIpc) is 3.25. The van der Waals surface area contributed by atoms with E-state index >= 15 is 0 Å². The van der Waals surface area contributed by atoms with Crippen molar-refractivity contribution in [1.82, 2.24) is 15.1 Å². The van der Waals surface area contributed by atoms with Crippen molar-refractivity contribution in [2.75, 3.05) is 7.05 Å². The van der Waals surface area contributed by atoms with Crippen LogP contribution in [0.4, 0.5) is 0 Å². The fourth-order valence-electron chi connectivity index (χ4n) is 4.06. The van der Waals surface area contributed by atoms with Gasteiger partial charge >= 0.3 is 0 Å². The number of H-pyrrole nitrogens is 1. The van der Waals surface area contributed by atoms with Crippen molar-refractivity contribution in [2.45, 2.75) is 51.0 Å². The van der Waals surface area contributed by atoms with E-state index in [1.165, 1.54) is 28.8 Å². The molecule has 1 aromatic carbocycles. The quantitative estimate of drug-likeness (QED) is 0.944. The van der Waals surface area contributed by atoms with Crippen LogP contribution in [0.2, 0.25) is 0 Å². The number of aromatic nitrogens is 2. The highest BCUT2D eigenvalue weighted by molar-refractivity contribution is 5.77. The molecule has 0 spiro atoms. The first kappa shape index (κ1) is 14.5. The maximum absolute atomic E-state index is 12.6. The lowest BCUT2D eigenvalue weighted by molar-refractivity contribution is -0.130. The molecule has 2 aliphatic carbocycles. The summed E-state index contributed by atoms with van der Waals surface area (Å²) in [6, 6.07) is 8.54. The van der Waals surface area contributed by atoms with E-state index in [4.69, 9.17) is 0 Å². The number of aromatic amines is 1. The van der Waals surface area contributed by atoms with Gasteiger partial charge in [0, 0.05) is 19.2 Å². The largest absolute Gasteiger partial charge is 0.340 e. The first-order valence-electron chi connectivity index (χ1n) is 8.59. The molecule has 0 saturated carbocycles. The van der Waals surface area contributed by atoms with Crippen molar-refractivity contribution < 1.29 is 4.79 Å². The number of benzene rings is 1. The normalized spacial score (nSPS) is 18.7. The van der Waals surface area contributed by atoms with Crippen LogP contribution in [0.1, 0.15) is 53.3 Å².